The zero-order valence-electron chi connectivity index (χ0n) is 36.3. The molecule has 7 aromatic rings. The summed E-state index contributed by atoms with van der Waals surface area (Å²) < 4.78 is 9.74. The minimum Gasteiger partial charge on any atom is -0.453 e. The third-order valence-electron chi connectivity index (χ3n) is 12.4. The Morgan fingerprint density at radius 1 is 0.615 bits per heavy atom. The molecule has 2 aromatic heterocycles. The molecule has 0 spiro atoms. The van der Waals surface area contributed by atoms with Crippen molar-refractivity contribution in [1.82, 2.24) is 40.4 Å². The summed E-state index contributed by atoms with van der Waals surface area (Å²) in [6.07, 6.45) is 1.74. The number of amides is 4. The molecule has 9 rings (SSSR count). The van der Waals surface area contributed by atoms with Gasteiger partial charge in [0.15, 0.2) is 0 Å². The lowest BCUT2D eigenvalue weighted by molar-refractivity contribution is -0.135. The summed E-state index contributed by atoms with van der Waals surface area (Å²) in [4.78, 5) is 75.9. The fourth-order valence-electron chi connectivity index (χ4n) is 9.15. The van der Waals surface area contributed by atoms with Crippen LogP contribution < -0.4 is 15.5 Å². The second-order valence-corrected chi connectivity index (χ2v) is 16.5. The summed E-state index contributed by atoms with van der Waals surface area (Å²) in [5.74, 6) is 0.980. The monoisotopic (exact) mass is 873 g/mol. The number of hydrogen-bond acceptors (Lipinski definition) is 9. The number of H-pyrrole nitrogens is 2. The van der Waals surface area contributed by atoms with Crippen LogP contribution in [0.3, 0.4) is 0 Å². The molecule has 0 unspecified atom stereocenters. The second kappa shape index (κ2) is 19.0. The molecule has 4 heterocycles. The normalized spacial score (nSPS) is 16.9. The van der Waals surface area contributed by atoms with Gasteiger partial charge in [0.25, 0.3) is 11.8 Å². The number of aromatic amines is 2. The van der Waals surface area contributed by atoms with E-state index in [4.69, 9.17) is 19.4 Å². The highest BCUT2D eigenvalue weighted by atomic mass is 16.5. The van der Waals surface area contributed by atoms with Crippen molar-refractivity contribution in [3.63, 3.8) is 0 Å². The van der Waals surface area contributed by atoms with Crippen molar-refractivity contribution in [2.75, 3.05) is 32.2 Å². The highest BCUT2D eigenvalue weighted by Gasteiger charge is 2.38. The highest BCUT2D eigenvalue weighted by molar-refractivity contribution is 5.88. The third kappa shape index (κ3) is 9.21. The van der Waals surface area contributed by atoms with Crippen LogP contribution in [0.15, 0.2) is 127 Å². The minimum absolute atomic E-state index is 0.217. The smallest absolute Gasteiger partial charge is 0.407 e. The zero-order valence-corrected chi connectivity index (χ0v) is 36.3. The SMILES string of the molecule is COC(=O)N[C@@H](C(=O)N1CCC[C@H]1c1nc2cc(CN(Cc3ccc4[nH]c([C@@H]5CCCN5C(=O)[C@H](NC(=O)OC)c5ccccc5)nc4c3)c3ccccc3)ccc2[nH]1)c1ccccc1. The summed E-state index contributed by atoms with van der Waals surface area (Å²) >= 11 is 0. The topological polar surface area (TPSA) is 178 Å². The van der Waals surface area contributed by atoms with E-state index in [1.54, 1.807) is 9.80 Å². The van der Waals surface area contributed by atoms with E-state index in [9.17, 15) is 19.2 Å². The summed E-state index contributed by atoms with van der Waals surface area (Å²) in [6.45, 7) is 2.28. The number of nitrogens with one attached hydrogen (secondary N) is 4. The van der Waals surface area contributed by atoms with Gasteiger partial charge in [-0.1, -0.05) is 91.0 Å². The lowest BCUT2D eigenvalue weighted by Gasteiger charge is -2.28. The number of rotatable bonds is 13. The molecule has 0 radical (unpaired) electrons. The molecular formula is C50H51N9O6. The Morgan fingerprint density at radius 3 is 1.45 bits per heavy atom. The number of para-hydroxylation sites is 1. The van der Waals surface area contributed by atoms with E-state index in [1.807, 2.05) is 91.0 Å². The molecule has 332 valence electrons. The average Bonchev–Trinajstić information content (AvgIpc) is 4.19. The van der Waals surface area contributed by atoms with Crippen LogP contribution in [0.5, 0.6) is 0 Å². The molecule has 2 aliphatic rings. The Hall–Kier alpha value is -7.68. The fourth-order valence-corrected chi connectivity index (χ4v) is 9.15. The van der Waals surface area contributed by atoms with Crippen LogP contribution in [0.2, 0.25) is 0 Å². The molecule has 65 heavy (non-hydrogen) atoms. The molecule has 2 saturated heterocycles. The first-order valence-electron chi connectivity index (χ1n) is 21.9. The van der Waals surface area contributed by atoms with Crippen LogP contribution in [0, 0.1) is 0 Å². The molecule has 4 amide bonds. The van der Waals surface area contributed by atoms with Gasteiger partial charge in [-0.25, -0.2) is 19.6 Å². The molecular weight excluding hydrogens is 823 g/mol. The molecule has 2 fully saturated rings. The number of anilines is 1. The van der Waals surface area contributed by atoms with E-state index in [1.165, 1.54) is 14.2 Å². The molecule has 5 aromatic carbocycles. The molecule has 15 heteroatoms. The van der Waals surface area contributed by atoms with Gasteiger partial charge in [0.05, 0.1) is 48.4 Å². The predicted octanol–water partition coefficient (Wildman–Crippen LogP) is 8.17. The number of aromatic nitrogens is 4. The van der Waals surface area contributed by atoms with E-state index in [2.05, 4.69) is 61.9 Å². The first-order valence-corrected chi connectivity index (χ1v) is 21.9. The zero-order chi connectivity index (χ0) is 44.9. The summed E-state index contributed by atoms with van der Waals surface area (Å²) in [5.41, 5.74) is 7.89. The Morgan fingerprint density at radius 2 is 1.03 bits per heavy atom. The number of alkyl carbamates (subject to hydrolysis) is 2. The van der Waals surface area contributed by atoms with Crippen LogP contribution in [-0.4, -0.2) is 81.0 Å². The molecule has 0 aliphatic carbocycles. The number of ether oxygens (including phenoxy) is 2. The van der Waals surface area contributed by atoms with Crippen molar-refractivity contribution in [3.8, 4) is 0 Å². The fraction of sp³-hybridized carbons (Fsp3) is 0.280. The molecule has 15 nitrogen and oxygen atoms in total. The van der Waals surface area contributed by atoms with Gasteiger partial charge >= 0.3 is 12.2 Å². The van der Waals surface area contributed by atoms with Crippen molar-refractivity contribution in [2.45, 2.75) is 62.9 Å². The van der Waals surface area contributed by atoms with Gasteiger partial charge in [0, 0.05) is 31.9 Å². The Balaban J connectivity index is 0.931. The number of nitrogens with zero attached hydrogens (tertiary/aromatic N) is 5. The van der Waals surface area contributed by atoms with Crippen molar-refractivity contribution in [3.05, 3.63) is 161 Å². The number of carbonyl (C=O) groups excluding carboxylic acids is 4. The molecule has 4 N–H and O–H groups in total. The lowest BCUT2D eigenvalue weighted by Crippen LogP contribution is -2.42. The second-order valence-electron chi connectivity index (χ2n) is 16.5. The van der Waals surface area contributed by atoms with Gasteiger partial charge in [-0.3, -0.25) is 9.59 Å². The number of hydrogen-bond donors (Lipinski definition) is 4. The van der Waals surface area contributed by atoms with Gasteiger partial charge < -0.3 is 44.8 Å². The highest BCUT2D eigenvalue weighted by Crippen LogP contribution is 2.36. The minimum atomic E-state index is -0.898. The van der Waals surface area contributed by atoms with Gasteiger partial charge in [-0.15, -0.1) is 0 Å². The third-order valence-corrected chi connectivity index (χ3v) is 12.4. The Kier molecular flexibility index (Phi) is 12.4. The number of likely N-dealkylation sites (tertiary alicyclic amines) is 2. The van der Waals surface area contributed by atoms with Gasteiger partial charge in [0.2, 0.25) is 0 Å². The maximum atomic E-state index is 14.1. The summed E-state index contributed by atoms with van der Waals surface area (Å²) in [7, 11) is 2.57. The maximum Gasteiger partial charge on any atom is 0.407 e. The summed E-state index contributed by atoms with van der Waals surface area (Å²) in [6, 6.07) is 38.8. The molecule has 0 saturated carbocycles. The van der Waals surface area contributed by atoms with Gasteiger partial charge in [0.1, 0.15) is 23.7 Å². The van der Waals surface area contributed by atoms with E-state index >= 15 is 0 Å². The summed E-state index contributed by atoms with van der Waals surface area (Å²) in [5, 5.41) is 5.47. The van der Waals surface area contributed by atoms with E-state index in [0.29, 0.717) is 49.0 Å². The first-order chi connectivity index (χ1) is 31.8. The number of carbonyl (C=O) groups is 4. The predicted molar refractivity (Wildman–Crippen MR) is 245 cm³/mol. The van der Waals surface area contributed by atoms with Crippen LogP contribution in [-0.2, 0) is 32.2 Å². The maximum absolute atomic E-state index is 14.1. The van der Waals surface area contributed by atoms with Crippen molar-refractivity contribution >= 4 is 51.8 Å². The van der Waals surface area contributed by atoms with Crippen molar-refractivity contribution in [2.24, 2.45) is 0 Å². The molecule has 4 atom stereocenters. The molecule has 0 bridgehead atoms. The first kappa shape index (κ1) is 42.6. The lowest BCUT2D eigenvalue weighted by atomic mass is 10.1. The van der Waals surface area contributed by atoms with Crippen LogP contribution in [0.1, 0.15) is 83.8 Å². The quantitative estimate of drug-likeness (QED) is 0.0890. The molecule has 2 aliphatic heterocycles. The van der Waals surface area contributed by atoms with Crippen LogP contribution in [0.25, 0.3) is 22.1 Å². The van der Waals surface area contributed by atoms with Gasteiger partial charge in [-0.05, 0) is 84.3 Å². The Labute approximate surface area is 376 Å². The number of benzene rings is 5. The largest absolute Gasteiger partial charge is 0.453 e. The van der Waals surface area contributed by atoms with Crippen molar-refractivity contribution < 1.29 is 28.7 Å². The Bertz CT molecular complexity index is 2630. The van der Waals surface area contributed by atoms with Crippen LogP contribution in [0.4, 0.5) is 15.3 Å². The standard InChI is InChI=1S/C50H51N9O6/c1-64-49(62)55-43(34-14-6-3-7-15-34)47(60)58-26-12-20-41(58)45-51-37-24-22-32(28-39(37)53-45)30-57(36-18-10-5-11-19-36)31-33-23-25-38-40(29-33)54-46(52-38)42-21-13-27-59(42)48(61)44(56-50(63)65-2)35-16-8-4-9-17-35/h3-11,14-19,22-25,28-29,41-44H,12-13,20-21,26-27,30-31H2,1-2H3,(H,51,53)(H,52,54)(H,55,62)(H,56,63)/t41-,42-,43+,44+/m0/s1. The van der Waals surface area contributed by atoms with E-state index in [0.717, 1.165) is 64.6 Å². The van der Waals surface area contributed by atoms with Crippen molar-refractivity contribution in [1.29, 1.82) is 0 Å². The van der Waals surface area contributed by atoms with E-state index < -0.39 is 24.3 Å². The van der Waals surface area contributed by atoms with Crippen LogP contribution >= 0.6 is 0 Å². The number of imidazole rings is 2. The number of methoxy groups -OCH3 is 2. The average molecular weight is 874 g/mol. The van der Waals surface area contributed by atoms with Gasteiger partial charge in [-0.2, -0.15) is 0 Å². The van der Waals surface area contributed by atoms with E-state index in [-0.39, 0.29) is 23.9 Å². The number of fused-ring (bicyclic) bond motifs is 2.